The van der Waals surface area contributed by atoms with Crippen LogP contribution in [0.1, 0.15) is 47.5 Å². The van der Waals surface area contributed by atoms with Gasteiger partial charge in [0.1, 0.15) is 5.78 Å². The topological polar surface area (TPSA) is 34.1 Å². The van der Waals surface area contributed by atoms with Crippen LogP contribution in [-0.4, -0.2) is 11.6 Å². The fraction of sp³-hybridized carbons (Fsp3) is 0.667. The zero-order valence-electron chi connectivity index (χ0n) is 9.81. The van der Waals surface area contributed by atoms with Gasteiger partial charge in [0.05, 0.1) is 6.42 Å². The number of hydrogen-bond acceptors (Lipinski definition) is 2. The molecule has 0 rings (SSSR count). The lowest BCUT2D eigenvalue weighted by Gasteiger charge is -2.04. The molecule has 0 saturated heterocycles. The first kappa shape index (κ1) is 13.1. The van der Waals surface area contributed by atoms with Gasteiger partial charge in [-0.3, -0.25) is 9.59 Å². The molecule has 0 unspecified atom stereocenters. The van der Waals surface area contributed by atoms with Gasteiger partial charge in [-0.25, -0.2) is 0 Å². The van der Waals surface area contributed by atoms with Crippen molar-refractivity contribution in [1.29, 1.82) is 0 Å². The van der Waals surface area contributed by atoms with E-state index in [0.717, 1.165) is 11.1 Å². The summed E-state index contributed by atoms with van der Waals surface area (Å²) in [4.78, 5) is 22.8. The van der Waals surface area contributed by atoms with Gasteiger partial charge in [0.15, 0.2) is 5.78 Å². The van der Waals surface area contributed by atoms with Gasteiger partial charge in [0, 0.05) is 6.42 Å². The average molecular weight is 196 g/mol. The lowest BCUT2D eigenvalue weighted by Crippen LogP contribution is -2.11. The van der Waals surface area contributed by atoms with Crippen molar-refractivity contribution in [3.63, 3.8) is 0 Å². The fourth-order valence-electron chi connectivity index (χ4n) is 1.12. The maximum Gasteiger partial charge on any atom is 0.165 e. The lowest BCUT2D eigenvalue weighted by molar-refractivity contribution is -0.125. The van der Waals surface area contributed by atoms with E-state index in [0.29, 0.717) is 12.3 Å². The highest BCUT2D eigenvalue weighted by Gasteiger charge is 2.12. The normalized spacial score (nSPS) is 10.1. The second kappa shape index (κ2) is 5.74. The minimum Gasteiger partial charge on any atom is -0.299 e. The molecule has 0 atom stereocenters. The van der Waals surface area contributed by atoms with E-state index >= 15 is 0 Å². The van der Waals surface area contributed by atoms with E-state index < -0.39 is 0 Å². The summed E-state index contributed by atoms with van der Waals surface area (Å²) in [7, 11) is 0. The molecule has 0 aliphatic rings. The van der Waals surface area contributed by atoms with Crippen molar-refractivity contribution < 1.29 is 9.59 Å². The highest BCUT2D eigenvalue weighted by Crippen LogP contribution is 2.09. The summed E-state index contributed by atoms with van der Waals surface area (Å²) in [5.74, 6) is 0.351. The van der Waals surface area contributed by atoms with Gasteiger partial charge >= 0.3 is 0 Å². The van der Waals surface area contributed by atoms with E-state index in [9.17, 15) is 9.59 Å². The summed E-state index contributed by atoms with van der Waals surface area (Å²) in [5.41, 5.74) is 1.72. The second-order valence-electron chi connectivity index (χ2n) is 4.36. The monoisotopic (exact) mass is 196 g/mol. The molecule has 0 aromatic rings. The molecule has 14 heavy (non-hydrogen) atoms. The number of Topliss-reactive ketones (excluding diaryl/α,β-unsaturated/α-hetero) is 2. The molecule has 0 aliphatic heterocycles. The molecule has 0 amide bonds. The number of rotatable bonds is 5. The predicted molar refractivity (Wildman–Crippen MR) is 58.1 cm³/mol. The van der Waals surface area contributed by atoms with Crippen molar-refractivity contribution in [2.24, 2.45) is 5.92 Å². The van der Waals surface area contributed by atoms with Crippen LogP contribution >= 0.6 is 0 Å². The Bertz CT molecular complexity index is 255. The smallest absolute Gasteiger partial charge is 0.165 e. The fourth-order valence-corrected chi connectivity index (χ4v) is 1.12. The van der Waals surface area contributed by atoms with E-state index in [1.807, 2.05) is 27.7 Å². The molecule has 80 valence electrons. The van der Waals surface area contributed by atoms with Gasteiger partial charge in [-0.2, -0.15) is 0 Å². The van der Waals surface area contributed by atoms with Crippen LogP contribution in [0.2, 0.25) is 0 Å². The van der Waals surface area contributed by atoms with Gasteiger partial charge in [0.2, 0.25) is 0 Å². The Morgan fingerprint density at radius 3 is 1.93 bits per heavy atom. The van der Waals surface area contributed by atoms with Gasteiger partial charge in [0.25, 0.3) is 0 Å². The van der Waals surface area contributed by atoms with Crippen molar-refractivity contribution in [1.82, 2.24) is 0 Å². The Hall–Kier alpha value is -0.920. The highest BCUT2D eigenvalue weighted by molar-refractivity contribution is 6.07. The average Bonchev–Trinajstić information content (AvgIpc) is 2.00. The number of hydrogen-bond donors (Lipinski definition) is 0. The zero-order valence-corrected chi connectivity index (χ0v) is 9.81. The first-order valence-corrected chi connectivity index (χ1v) is 5.03. The van der Waals surface area contributed by atoms with Crippen LogP contribution in [0.4, 0.5) is 0 Å². The van der Waals surface area contributed by atoms with Gasteiger partial charge in [-0.15, -0.1) is 0 Å². The maximum absolute atomic E-state index is 11.5. The summed E-state index contributed by atoms with van der Waals surface area (Å²) in [5, 5.41) is 0. The molecule has 2 nitrogen and oxygen atoms in total. The van der Waals surface area contributed by atoms with Crippen molar-refractivity contribution in [2.75, 3.05) is 0 Å². The Labute approximate surface area is 86.4 Å². The van der Waals surface area contributed by atoms with Crippen LogP contribution < -0.4 is 0 Å². The Balaban J connectivity index is 4.21. The first-order valence-electron chi connectivity index (χ1n) is 5.03. The largest absolute Gasteiger partial charge is 0.299 e. The minimum absolute atomic E-state index is 0.0318. The highest BCUT2D eigenvalue weighted by atomic mass is 16.1. The molecule has 0 fully saturated rings. The number of ketones is 2. The van der Waals surface area contributed by atoms with E-state index in [-0.39, 0.29) is 18.0 Å². The van der Waals surface area contributed by atoms with Crippen molar-refractivity contribution >= 4 is 11.6 Å². The van der Waals surface area contributed by atoms with Crippen LogP contribution in [0.3, 0.4) is 0 Å². The number of carbonyl (C=O) groups excluding carboxylic acids is 2. The van der Waals surface area contributed by atoms with Crippen LogP contribution in [0.5, 0.6) is 0 Å². The molecule has 0 bridgehead atoms. The lowest BCUT2D eigenvalue weighted by atomic mass is 9.99. The third kappa shape index (κ3) is 4.95. The minimum atomic E-state index is -0.0318. The van der Waals surface area contributed by atoms with E-state index in [2.05, 4.69) is 0 Å². The molecular formula is C12H20O2. The summed E-state index contributed by atoms with van der Waals surface area (Å²) in [6.07, 6.45) is 0.566. The Morgan fingerprint density at radius 1 is 1.07 bits per heavy atom. The molecule has 0 saturated carbocycles. The standard InChI is InChI=1S/C12H20O2/c1-8(2)6-11(13)7-12(14)10(5)9(3)4/h8H,6-7H2,1-5H3. The number of allylic oxidation sites excluding steroid dienone is 2. The van der Waals surface area contributed by atoms with Crippen LogP contribution in [0.25, 0.3) is 0 Å². The Kier molecular flexibility index (Phi) is 5.36. The van der Waals surface area contributed by atoms with E-state index in [4.69, 9.17) is 0 Å². The van der Waals surface area contributed by atoms with Crippen LogP contribution in [-0.2, 0) is 9.59 Å². The molecule has 0 spiro atoms. The number of carbonyl (C=O) groups is 2. The van der Waals surface area contributed by atoms with Gasteiger partial charge in [-0.05, 0) is 32.3 Å². The van der Waals surface area contributed by atoms with E-state index in [1.54, 1.807) is 6.92 Å². The quantitative estimate of drug-likeness (QED) is 0.500. The summed E-state index contributed by atoms with van der Waals surface area (Å²) in [6.45, 7) is 9.52. The zero-order chi connectivity index (χ0) is 11.3. The molecule has 2 heteroatoms. The van der Waals surface area contributed by atoms with Crippen molar-refractivity contribution in [2.45, 2.75) is 47.5 Å². The second-order valence-corrected chi connectivity index (χ2v) is 4.36. The summed E-state index contributed by atoms with van der Waals surface area (Å²) >= 11 is 0. The SMILES string of the molecule is CC(C)=C(C)C(=O)CC(=O)CC(C)C. The van der Waals surface area contributed by atoms with E-state index in [1.165, 1.54) is 0 Å². The van der Waals surface area contributed by atoms with Gasteiger partial charge < -0.3 is 0 Å². The predicted octanol–water partition coefficient (Wildman–Crippen LogP) is 2.92. The Morgan fingerprint density at radius 2 is 1.57 bits per heavy atom. The third-order valence-electron chi connectivity index (χ3n) is 2.16. The molecule has 0 aromatic carbocycles. The van der Waals surface area contributed by atoms with Gasteiger partial charge in [-0.1, -0.05) is 19.4 Å². The molecule has 0 N–H and O–H groups in total. The van der Waals surface area contributed by atoms with Crippen LogP contribution in [0, 0.1) is 5.92 Å². The first-order chi connectivity index (χ1) is 6.34. The van der Waals surface area contributed by atoms with Crippen LogP contribution in [0.15, 0.2) is 11.1 Å². The molecule has 0 aliphatic carbocycles. The summed E-state index contributed by atoms with van der Waals surface area (Å²) in [6, 6.07) is 0. The molecule has 0 heterocycles. The van der Waals surface area contributed by atoms with Crippen molar-refractivity contribution in [3.05, 3.63) is 11.1 Å². The molecular weight excluding hydrogens is 176 g/mol. The summed E-state index contributed by atoms with van der Waals surface area (Å²) < 4.78 is 0. The van der Waals surface area contributed by atoms with Crippen molar-refractivity contribution in [3.8, 4) is 0 Å². The third-order valence-corrected chi connectivity index (χ3v) is 2.16. The molecule has 0 radical (unpaired) electrons. The maximum atomic E-state index is 11.5. The molecule has 0 aromatic heterocycles.